The predicted octanol–water partition coefficient (Wildman–Crippen LogP) is 0.889. The maximum atomic E-state index is 11.1. The van der Waals surface area contributed by atoms with Crippen LogP contribution in [0.5, 0.6) is 0 Å². The monoisotopic (exact) mass is 230 g/mol. The Morgan fingerprint density at radius 3 is 2.12 bits per heavy atom. The number of carbonyl (C=O) groups excluding carboxylic acids is 1. The molecule has 6 heteroatoms. The second-order valence-corrected chi connectivity index (χ2v) is 5.19. The molecule has 1 heterocycles. The summed E-state index contributed by atoms with van der Waals surface area (Å²) in [6.45, 7) is 10.1. The van der Waals surface area contributed by atoms with Gasteiger partial charge in [0.15, 0.2) is 0 Å². The summed E-state index contributed by atoms with van der Waals surface area (Å²) >= 11 is 0. The first-order chi connectivity index (χ1) is 7.02. The molecule has 0 spiro atoms. The lowest BCUT2D eigenvalue weighted by molar-refractivity contribution is -0.190. The minimum absolute atomic E-state index is 0.396. The lowest BCUT2D eigenvalue weighted by atomic mass is 9.75. The van der Waals surface area contributed by atoms with E-state index in [4.69, 9.17) is 14.0 Å². The summed E-state index contributed by atoms with van der Waals surface area (Å²) in [5.74, 6) is -0.396. The van der Waals surface area contributed by atoms with Crippen molar-refractivity contribution in [3.05, 3.63) is 0 Å². The first kappa shape index (κ1) is 13.5. The van der Waals surface area contributed by atoms with Crippen LogP contribution in [0.2, 0.25) is 0 Å². The smallest absolute Gasteiger partial charge is 0.457 e. The highest BCUT2D eigenvalue weighted by molar-refractivity contribution is 6.35. The van der Waals surface area contributed by atoms with Crippen molar-refractivity contribution in [1.29, 1.82) is 0 Å². The minimum Gasteiger partial charge on any atom is -0.457 e. The summed E-state index contributed by atoms with van der Waals surface area (Å²) in [5, 5.41) is 9.41. The lowest BCUT2D eigenvalue weighted by Crippen LogP contribution is -2.61. The molecule has 1 unspecified atom stereocenters. The van der Waals surface area contributed by atoms with Gasteiger partial charge in [-0.1, -0.05) is 0 Å². The van der Waals surface area contributed by atoms with Crippen LogP contribution in [-0.4, -0.2) is 35.1 Å². The first-order valence-electron chi connectivity index (χ1n) is 5.25. The molecule has 16 heavy (non-hydrogen) atoms. The van der Waals surface area contributed by atoms with Crippen molar-refractivity contribution in [2.45, 2.75) is 58.3 Å². The molecule has 0 aromatic carbocycles. The Hall–Kier alpha value is -0.585. The van der Waals surface area contributed by atoms with E-state index in [0.717, 1.165) is 0 Å². The Kier molecular flexibility index (Phi) is 3.13. The molecule has 5 nitrogen and oxygen atoms in total. The number of hydrogen-bond donors (Lipinski definition) is 1. The first-order valence-corrected chi connectivity index (χ1v) is 5.25. The average molecular weight is 230 g/mol. The molecule has 0 aliphatic carbocycles. The van der Waals surface area contributed by atoms with Crippen LogP contribution in [0.25, 0.3) is 0 Å². The van der Waals surface area contributed by atoms with E-state index in [0.29, 0.717) is 0 Å². The molecule has 0 amide bonds. The van der Waals surface area contributed by atoms with Crippen LogP contribution < -0.4 is 0 Å². The number of carbonyl (C=O) groups is 1. The largest absolute Gasteiger partial charge is 0.637 e. The Labute approximate surface area is 96.2 Å². The predicted molar refractivity (Wildman–Crippen MR) is 58.5 cm³/mol. The molecule has 1 rings (SSSR count). The molecule has 0 bridgehead atoms. The summed E-state index contributed by atoms with van der Waals surface area (Å²) in [6, 6.07) is 0. The third-order valence-electron chi connectivity index (χ3n) is 3.43. The third-order valence-corrected chi connectivity index (χ3v) is 3.43. The van der Waals surface area contributed by atoms with Gasteiger partial charge in [-0.05, 0) is 34.6 Å². The topological polar surface area (TPSA) is 65.0 Å². The molecule has 92 valence electrons. The van der Waals surface area contributed by atoms with Crippen molar-refractivity contribution < 1.29 is 23.9 Å². The molecule has 1 fully saturated rings. The zero-order chi connectivity index (χ0) is 12.8. The van der Waals surface area contributed by atoms with Crippen LogP contribution in [0.15, 0.2) is 0 Å². The second kappa shape index (κ2) is 3.72. The fraction of sp³-hybridized carbons (Fsp3) is 0.900. The van der Waals surface area contributed by atoms with E-state index in [1.807, 2.05) is 0 Å². The number of ether oxygens (including phenoxy) is 1. The summed E-state index contributed by atoms with van der Waals surface area (Å²) in [6.07, 6.45) is 0. The van der Waals surface area contributed by atoms with Gasteiger partial charge < -0.3 is 19.1 Å². The highest BCUT2D eigenvalue weighted by Gasteiger charge is 2.63. The van der Waals surface area contributed by atoms with Crippen molar-refractivity contribution in [2.75, 3.05) is 0 Å². The number of esters is 1. The van der Waals surface area contributed by atoms with Gasteiger partial charge in [-0.15, -0.1) is 0 Å². The van der Waals surface area contributed by atoms with Gasteiger partial charge in [-0.3, -0.25) is 4.79 Å². The Bertz CT molecular complexity index is 302. The van der Waals surface area contributed by atoms with Gasteiger partial charge in [0.2, 0.25) is 0 Å². The van der Waals surface area contributed by atoms with Gasteiger partial charge in [0.05, 0.1) is 5.60 Å². The fourth-order valence-electron chi connectivity index (χ4n) is 2.06. The highest BCUT2D eigenvalue weighted by Crippen LogP contribution is 2.45. The van der Waals surface area contributed by atoms with Crippen LogP contribution in [0, 0.1) is 0 Å². The zero-order valence-electron chi connectivity index (χ0n) is 10.7. The highest BCUT2D eigenvalue weighted by atomic mass is 16.8. The summed E-state index contributed by atoms with van der Waals surface area (Å²) in [5.41, 5.74) is -2.59. The van der Waals surface area contributed by atoms with E-state index in [2.05, 4.69) is 0 Å². The van der Waals surface area contributed by atoms with E-state index < -0.39 is 30.1 Å². The van der Waals surface area contributed by atoms with Crippen molar-refractivity contribution in [3.8, 4) is 0 Å². The Balaban J connectivity index is 3.04. The Morgan fingerprint density at radius 2 is 1.81 bits per heavy atom. The molecule has 1 atom stereocenters. The zero-order valence-corrected chi connectivity index (χ0v) is 10.7. The van der Waals surface area contributed by atoms with Crippen LogP contribution in [0.1, 0.15) is 41.5 Å². The maximum absolute atomic E-state index is 11.1. The molecule has 1 aliphatic rings. The molecule has 1 saturated heterocycles. The summed E-state index contributed by atoms with van der Waals surface area (Å²) in [4.78, 5) is 11.1. The average Bonchev–Trinajstić information content (AvgIpc) is 2.18. The molecule has 1 aliphatic heterocycles. The van der Waals surface area contributed by atoms with Crippen LogP contribution >= 0.6 is 0 Å². The van der Waals surface area contributed by atoms with Crippen LogP contribution in [-0.2, 0) is 18.8 Å². The quantitative estimate of drug-likeness (QED) is 0.563. The van der Waals surface area contributed by atoms with Crippen molar-refractivity contribution in [2.24, 2.45) is 0 Å². The SMILES string of the molecule is CC(=O)OC(C)(C)C1(C)OB(O)OC1(C)C. The van der Waals surface area contributed by atoms with Crippen molar-refractivity contribution in [3.63, 3.8) is 0 Å². The lowest BCUT2D eigenvalue weighted by Gasteiger charge is -2.46. The molecular formula is C10H19BO5. The van der Waals surface area contributed by atoms with Gasteiger partial charge in [-0.2, -0.15) is 0 Å². The summed E-state index contributed by atoms with van der Waals surface area (Å²) in [7, 11) is -1.30. The van der Waals surface area contributed by atoms with E-state index in [-0.39, 0.29) is 0 Å². The van der Waals surface area contributed by atoms with Gasteiger partial charge >= 0.3 is 13.3 Å². The minimum atomic E-state index is -1.30. The molecule has 1 N–H and O–H groups in total. The van der Waals surface area contributed by atoms with Crippen molar-refractivity contribution in [1.82, 2.24) is 0 Å². The maximum Gasteiger partial charge on any atom is 0.637 e. The van der Waals surface area contributed by atoms with E-state index in [1.54, 1.807) is 34.6 Å². The van der Waals surface area contributed by atoms with Crippen LogP contribution in [0.4, 0.5) is 0 Å². The van der Waals surface area contributed by atoms with Crippen molar-refractivity contribution >= 4 is 13.3 Å². The van der Waals surface area contributed by atoms with Crippen LogP contribution in [0.3, 0.4) is 0 Å². The Morgan fingerprint density at radius 1 is 1.31 bits per heavy atom. The van der Waals surface area contributed by atoms with Gasteiger partial charge in [0, 0.05) is 6.92 Å². The van der Waals surface area contributed by atoms with Gasteiger partial charge in [0.1, 0.15) is 11.2 Å². The standard InChI is InChI=1S/C10H19BO5/c1-7(12)14-8(2,3)10(6)9(4,5)15-11(13)16-10/h13H,1-6H3. The fourth-order valence-corrected chi connectivity index (χ4v) is 2.06. The van der Waals surface area contributed by atoms with Gasteiger partial charge in [0.25, 0.3) is 0 Å². The third kappa shape index (κ3) is 1.97. The van der Waals surface area contributed by atoms with E-state index in [9.17, 15) is 9.82 Å². The molecule has 0 radical (unpaired) electrons. The molecule has 0 aromatic rings. The van der Waals surface area contributed by atoms with E-state index in [1.165, 1.54) is 6.92 Å². The normalized spacial score (nSPS) is 29.3. The molecule has 0 saturated carbocycles. The van der Waals surface area contributed by atoms with E-state index >= 15 is 0 Å². The number of hydrogen-bond acceptors (Lipinski definition) is 5. The second-order valence-electron chi connectivity index (χ2n) is 5.19. The molecular weight excluding hydrogens is 211 g/mol. The summed E-state index contributed by atoms with van der Waals surface area (Å²) < 4.78 is 15.9. The molecule has 0 aromatic heterocycles. The number of rotatable bonds is 2. The van der Waals surface area contributed by atoms with Gasteiger partial charge in [-0.25, -0.2) is 0 Å².